The minimum absolute atomic E-state index is 0.0593. The van der Waals surface area contributed by atoms with Gasteiger partial charge in [-0.15, -0.1) is 0 Å². The van der Waals surface area contributed by atoms with Gasteiger partial charge in [0, 0.05) is 23.0 Å². The van der Waals surface area contributed by atoms with E-state index in [0.29, 0.717) is 27.4 Å². The van der Waals surface area contributed by atoms with Gasteiger partial charge < -0.3 is 9.30 Å². The number of aromatic nitrogens is 1. The molecule has 1 heterocycles. The van der Waals surface area contributed by atoms with Gasteiger partial charge in [-0.05, 0) is 44.9 Å². The first-order valence-electron chi connectivity index (χ1n) is 7.27. The Kier molecular flexibility index (Phi) is 4.20. The summed E-state index contributed by atoms with van der Waals surface area (Å²) in [7, 11) is 0. The fraction of sp³-hybridized carbons (Fsp3) is 0.353. The highest BCUT2D eigenvalue weighted by Gasteiger charge is 2.28. The molecule has 3 nitrogen and oxygen atoms in total. The monoisotopic (exact) mass is 337 g/mol. The van der Waals surface area contributed by atoms with E-state index in [9.17, 15) is 4.79 Å². The van der Waals surface area contributed by atoms with Gasteiger partial charge in [0.1, 0.15) is 0 Å². The lowest BCUT2D eigenvalue weighted by Gasteiger charge is -2.10. The predicted octanol–water partition coefficient (Wildman–Crippen LogP) is 5.01. The Morgan fingerprint density at radius 2 is 1.91 bits per heavy atom. The lowest BCUT2D eigenvalue weighted by molar-refractivity contribution is 0.0921. The third-order valence-electron chi connectivity index (χ3n) is 3.96. The summed E-state index contributed by atoms with van der Waals surface area (Å²) in [4.78, 5) is 12.4. The molecule has 3 rings (SSSR count). The van der Waals surface area contributed by atoms with Gasteiger partial charge >= 0.3 is 0 Å². The molecule has 116 valence electrons. The average molecular weight is 338 g/mol. The largest absolute Gasteiger partial charge is 0.482 e. The van der Waals surface area contributed by atoms with E-state index in [1.54, 1.807) is 18.2 Å². The molecule has 1 aliphatic carbocycles. The Labute approximate surface area is 139 Å². The molecule has 0 saturated heterocycles. The number of nitrogens with zero attached hydrogens (tertiary/aromatic N) is 1. The molecule has 0 radical (unpaired) electrons. The van der Waals surface area contributed by atoms with Crippen LogP contribution >= 0.6 is 23.2 Å². The molecule has 1 aromatic carbocycles. The van der Waals surface area contributed by atoms with E-state index in [4.69, 9.17) is 27.9 Å². The smallest absolute Gasteiger partial charge is 0.202 e. The SMILES string of the molecule is Cc1cc(C(=O)COc2c(Cl)cccc2Cl)c(C)n1C1CC1. The van der Waals surface area contributed by atoms with Crippen molar-refractivity contribution in [3.8, 4) is 5.75 Å². The Morgan fingerprint density at radius 1 is 1.27 bits per heavy atom. The molecule has 5 heteroatoms. The fourth-order valence-electron chi connectivity index (χ4n) is 2.79. The van der Waals surface area contributed by atoms with E-state index in [2.05, 4.69) is 4.57 Å². The van der Waals surface area contributed by atoms with Crippen LogP contribution in [-0.2, 0) is 0 Å². The highest BCUT2D eigenvalue weighted by atomic mass is 35.5. The quantitative estimate of drug-likeness (QED) is 0.718. The predicted molar refractivity (Wildman–Crippen MR) is 88.5 cm³/mol. The molecule has 0 unspecified atom stereocenters. The van der Waals surface area contributed by atoms with Crippen molar-refractivity contribution >= 4 is 29.0 Å². The second-order valence-corrected chi connectivity index (χ2v) is 6.46. The Hall–Kier alpha value is -1.45. The molecule has 0 amide bonds. The highest BCUT2D eigenvalue weighted by molar-refractivity contribution is 6.37. The number of benzene rings is 1. The van der Waals surface area contributed by atoms with Gasteiger partial charge in [-0.3, -0.25) is 4.79 Å². The van der Waals surface area contributed by atoms with Crippen LogP contribution in [0.2, 0.25) is 10.0 Å². The molecular weight excluding hydrogens is 321 g/mol. The summed E-state index contributed by atoms with van der Waals surface area (Å²) in [5, 5.41) is 0.813. The van der Waals surface area contributed by atoms with Crippen LogP contribution in [0, 0.1) is 13.8 Å². The molecule has 0 spiro atoms. The van der Waals surface area contributed by atoms with Crippen molar-refractivity contribution in [2.75, 3.05) is 6.61 Å². The van der Waals surface area contributed by atoms with Gasteiger partial charge in [0.05, 0.1) is 10.0 Å². The van der Waals surface area contributed by atoms with Crippen LogP contribution < -0.4 is 4.74 Å². The number of carbonyl (C=O) groups excluding carboxylic acids is 1. The van der Waals surface area contributed by atoms with E-state index in [0.717, 1.165) is 11.4 Å². The second kappa shape index (κ2) is 5.98. The molecule has 0 aliphatic heterocycles. The van der Waals surface area contributed by atoms with Crippen molar-refractivity contribution in [3.05, 3.63) is 51.3 Å². The number of ketones is 1. The summed E-state index contributed by atoms with van der Waals surface area (Å²) >= 11 is 12.1. The number of rotatable bonds is 5. The topological polar surface area (TPSA) is 31.2 Å². The highest BCUT2D eigenvalue weighted by Crippen LogP contribution is 2.38. The van der Waals surface area contributed by atoms with E-state index < -0.39 is 0 Å². The van der Waals surface area contributed by atoms with Crippen LogP contribution in [0.25, 0.3) is 0 Å². The maximum absolute atomic E-state index is 12.4. The third-order valence-corrected chi connectivity index (χ3v) is 4.56. The van der Waals surface area contributed by atoms with Crippen molar-refractivity contribution < 1.29 is 9.53 Å². The summed E-state index contributed by atoms with van der Waals surface area (Å²) in [6, 6.07) is 7.61. The molecule has 22 heavy (non-hydrogen) atoms. The molecule has 1 aliphatic rings. The minimum atomic E-state index is -0.0710. The van der Waals surface area contributed by atoms with E-state index in [-0.39, 0.29) is 12.4 Å². The number of halogens is 2. The molecule has 1 aromatic heterocycles. The Bertz CT molecular complexity index is 712. The molecule has 0 bridgehead atoms. The van der Waals surface area contributed by atoms with Crippen molar-refractivity contribution in [3.63, 3.8) is 0 Å². The number of para-hydroxylation sites is 1. The average Bonchev–Trinajstić information content (AvgIpc) is 3.24. The van der Waals surface area contributed by atoms with Gasteiger partial charge in [0.2, 0.25) is 5.78 Å². The van der Waals surface area contributed by atoms with E-state index in [1.807, 2.05) is 19.9 Å². The van der Waals surface area contributed by atoms with Gasteiger partial charge in [-0.1, -0.05) is 29.3 Å². The van der Waals surface area contributed by atoms with Gasteiger partial charge in [-0.2, -0.15) is 0 Å². The number of ether oxygens (including phenoxy) is 1. The number of Topliss-reactive ketones (excluding diaryl/α,β-unsaturated/α-hetero) is 1. The van der Waals surface area contributed by atoms with Crippen LogP contribution in [0.1, 0.15) is 40.6 Å². The molecule has 2 aromatic rings. The van der Waals surface area contributed by atoms with E-state index in [1.165, 1.54) is 12.8 Å². The first kappa shape index (κ1) is 15.4. The molecule has 0 N–H and O–H groups in total. The first-order chi connectivity index (χ1) is 10.5. The molecular formula is C17H17Cl2NO2. The zero-order valence-electron chi connectivity index (χ0n) is 12.5. The van der Waals surface area contributed by atoms with Crippen LogP contribution in [0.5, 0.6) is 5.75 Å². The summed E-state index contributed by atoms with van der Waals surface area (Å²) in [5.41, 5.74) is 2.85. The van der Waals surface area contributed by atoms with Gasteiger partial charge in [0.15, 0.2) is 12.4 Å². The van der Waals surface area contributed by atoms with Crippen molar-refractivity contribution in [2.45, 2.75) is 32.7 Å². The fourth-order valence-corrected chi connectivity index (χ4v) is 3.30. The summed E-state index contributed by atoms with van der Waals surface area (Å²) < 4.78 is 7.79. The second-order valence-electron chi connectivity index (χ2n) is 5.65. The van der Waals surface area contributed by atoms with Crippen molar-refractivity contribution in [1.29, 1.82) is 0 Å². The molecule has 0 atom stereocenters. The van der Waals surface area contributed by atoms with Crippen LogP contribution in [0.4, 0.5) is 0 Å². The van der Waals surface area contributed by atoms with Crippen LogP contribution in [0.15, 0.2) is 24.3 Å². The normalized spacial score (nSPS) is 14.2. The third kappa shape index (κ3) is 2.88. The Balaban J connectivity index is 1.77. The minimum Gasteiger partial charge on any atom is -0.482 e. The standard InChI is InChI=1S/C17H17Cl2NO2/c1-10-8-13(11(2)20(10)12-6-7-12)16(21)9-22-17-14(18)4-3-5-15(17)19/h3-5,8,12H,6-7,9H2,1-2H3. The van der Waals surface area contributed by atoms with Crippen LogP contribution in [0.3, 0.4) is 0 Å². The zero-order valence-corrected chi connectivity index (χ0v) is 14.0. The lowest BCUT2D eigenvalue weighted by atomic mass is 10.1. The maximum atomic E-state index is 12.4. The van der Waals surface area contributed by atoms with Gasteiger partial charge in [0.25, 0.3) is 0 Å². The van der Waals surface area contributed by atoms with Crippen LogP contribution in [-0.4, -0.2) is 17.0 Å². The maximum Gasteiger partial charge on any atom is 0.202 e. The number of carbonyl (C=O) groups is 1. The molecule has 1 fully saturated rings. The number of hydrogen-bond donors (Lipinski definition) is 0. The number of hydrogen-bond acceptors (Lipinski definition) is 2. The number of aryl methyl sites for hydroxylation is 1. The van der Waals surface area contributed by atoms with Crippen molar-refractivity contribution in [2.24, 2.45) is 0 Å². The van der Waals surface area contributed by atoms with E-state index >= 15 is 0 Å². The lowest BCUT2D eigenvalue weighted by Crippen LogP contribution is -2.13. The summed E-state index contributed by atoms with van der Waals surface area (Å²) in [5.74, 6) is 0.297. The zero-order chi connectivity index (χ0) is 15.9. The summed E-state index contributed by atoms with van der Waals surface area (Å²) in [6.07, 6.45) is 2.38. The Morgan fingerprint density at radius 3 is 2.50 bits per heavy atom. The first-order valence-corrected chi connectivity index (χ1v) is 8.03. The summed E-state index contributed by atoms with van der Waals surface area (Å²) in [6.45, 7) is 3.95. The molecule has 1 saturated carbocycles. The van der Waals surface area contributed by atoms with Gasteiger partial charge in [-0.25, -0.2) is 0 Å². The van der Waals surface area contributed by atoms with Crippen molar-refractivity contribution in [1.82, 2.24) is 4.57 Å².